The predicted molar refractivity (Wildman–Crippen MR) is 167 cm³/mol. The van der Waals surface area contributed by atoms with Crippen molar-refractivity contribution in [2.75, 3.05) is 0 Å². The highest BCUT2D eigenvalue weighted by Gasteiger charge is 2.34. The van der Waals surface area contributed by atoms with Gasteiger partial charge in [0.15, 0.2) is 0 Å². The maximum Gasteiger partial charge on any atom is 0.309 e. The standard InChI is InChI=1S/C35H37ClN2O3/c1-6-35(4,5)38-31-20-27(41-22-26-16-13-24-9-7-8-10-30(24)37-26)17-18-28(31)29(19-23-11-14-25(36)15-12-23)32(38)21-34(2,3)33(39)40/h7-18,20H,6,19,21-22H2,1-5H3,(H,39,40). The summed E-state index contributed by atoms with van der Waals surface area (Å²) in [5, 5.41) is 13.0. The van der Waals surface area contributed by atoms with Crippen LogP contribution in [0.25, 0.3) is 21.8 Å². The normalized spacial score (nSPS) is 12.2. The lowest BCUT2D eigenvalue weighted by atomic mass is 9.85. The zero-order valence-corrected chi connectivity index (χ0v) is 25.1. The van der Waals surface area contributed by atoms with Crippen LogP contribution in [0.4, 0.5) is 0 Å². The van der Waals surface area contributed by atoms with Gasteiger partial charge in [-0.05, 0) is 88.1 Å². The van der Waals surface area contributed by atoms with Crippen molar-refractivity contribution in [2.24, 2.45) is 5.41 Å². The summed E-state index contributed by atoms with van der Waals surface area (Å²) >= 11 is 6.18. The highest BCUT2D eigenvalue weighted by molar-refractivity contribution is 6.30. The van der Waals surface area contributed by atoms with Crippen LogP contribution >= 0.6 is 11.6 Å². The summed E-state index contributed by atoms with van der Waals surface area (Å²) in [6.07, 6.45) is 1.96. The maximum absolute atomic E-state index is 12.3. The fraction of sp³-hybridized carbons (Fsp3) is 0.314. The van der Waals surface area contributed by atoms with E-state index in [1.54, 1.807) is 13.8 Å². The van der Waals surface area contributed by atoms with Crippen molar-refractivity contribution in [2.45, 2.75) is 66.0 Å². The van der Waals surface area contributed by atoms with E-state index >= 15 is 0 Å². The van der Waals surface area contributed by atoms with Gasteiger partial charge < -0.3 is 14.4 Å². The van der Waals surface area contributed by atoms with Crippen molar-refractivity contribution in [3.05, 3.63) is 106 Å². The molecule has 0 saturated carbocycles. The van der Waals surface area contributed by atoms with Crippen LogP contribution < -0.4 is 4.74 Å². The number of carboxylic acids is 1. The van der Waals surface area contributed by atoms with Crippen LogP contribution in [0.3, 0.4) is 0 Å². The lowest BCUT2D eigenvalue weighted by molar-refractivity contribution is -0.146. The number of pyridine rings is 1. The molecule has 0 bridgehead atoms. The molecule has 0 aliphatic rings. The van der Waals surface area contributed by atoms with E-state index in [0.717, 1.165) is 56.5 Å². The molecule has 5 rings (SSSR count). The predicted octanol–water partition coefficient (Wildman–Crippen LogP) is 8.81. The first-order valence-corrected chi connectivity index (χ1v) is 14.5. The van der Waals surface area contributed by atoms with Crippen LogP contribution in [0.1, 0.15) is 63.6 Å². The molecule has 212 valence electrons. The molecule has 5 nitrogen and oxygen atoms in total. The Balaban J connectivity index is 1.61. The van der Waals surface area contributed by atoms with Crippen molar-refractivity contribution in [1.82, 2.24) is 9.55 Å². The molecule has 6 heteroatoms. The molecule has 3 aromatic carbocycles. The lowest BCUT2D eigenvalue weighted by Crippen LogP contribution is -2.32. The van der Waals surface area contributed by atoms with E-state index in [4.69, 9.17) is 21.3 Å². The molecule has 2 heterocycles. The highest BCUT2D eigenvalue weighted by Crippen LogP contribution is 2.39. The van der Waals surface area contributed by atoms with E-state index in [1.807, 2.05) is 54.6 Å². The molecule has 0 unspecified atom stereocenters. The number of nitrogens with zero attached hydrogens (tertiary/aromatic N) is 2. The van der Waals surface area contributed by atoms with E-state index < -0.39 is 11.4 Å². The second-order valence-electron chi connectivity index (χ2n) is 12.1. The van der Waals surface area contributed by atoms with E-state index in [9.17, 15) is 9.90 Å². The maximum atomic E-state index is 12.3. The zero-order chi connectivity index (χ0) is 29.4. The van der Waals surface area contributed by atoms with Gasteiger partial charge in [0, 0.05) is 39.5 Å². The Bertz CT molecular complexity index is 1720. The summed E-state index contributed by atoms with van der Waals surface area (Å²) in [4.78, 5) is 17.0. The fourth-order valence-corrected chi connectivity index (χ4v) is 5.48. The summed E-state index contributed by atoms with van der Waals surface area (Å²) in [6.45, 7) is 10.5. The molecule has 5 aromatic rings. The smallest absolute Gasteiger partial charge is 0.309 e. The average molecular weight is 569 g/mol. The molecule has 0 aliphatic heterocycles. The van der Waals surface area contributed by atoms with Crippen LogP contribution in [0.2, 0.25) is 5.02 Å². The first-order valence-electron chi connectivity index (χ1n) is 14.1. The van der Waals surface area contributed by atoms with Crippen molar-refractivity contribution >= 4 is 39.4 Å². The average Bonchev–Trinajstić information content (AvgIpc) is 3.24. The fourth-order valence-electron chi connectivity index (χ4n) is 5.36. The Labute approximate surface area is 246 Å². The number of benzene rings is 3. The number of hydrogen-bond acceptors (Lipinski definition) is 3. The summed E-state index contributed by atoms with van der Waals surface area (Å²) in [5.41, 5.74) is 4.97. The van der Waals surface area contributed by atoms with Gasteiger partial charge in [-0.25, -0.2) is 4.98 Å². The van der Waals surface area contributed by atoms with Gasteiger partial charge in [0.25, 0.3) is 0 Å². The van der Waals surface area contributed by atoms with Gasteiger partial charge >= 0.3 is 5.97 Å². The molecule has 0 fully saturated rings. The van der Waals surface area contributed by atoms with Gasteiger partial charge in [-0.15, -0.1) is 0 Å². The van der Waals surface area contributed by atoms with Crippen molar-refractivity contribution in [3.8, 4) is 5.75 Å². The number of carbonyl (C=O) groups is 1. The number of para-hydroxylation sites is 1. The van der Waals surface area contributed by atoms with Gasteiger partial charge in [-0.2, -0.15) is 0 Å². The third-order valence-corrected chi connectivity index (χ3v) is 8.40. The Morgan fingerprint density at radius 1 is 0.976 bits per heavy atom. The molecule has 0 saturated heterocycles. The zero-order valence-electron chi connectivity index (χ0n) is 24.4. The quantitative estimate of drug-likeness (QED) is 0.183. The Kier molecular flexibility index (Phi) is 7.85. The number of halogens is 1. The number of ether oxygens (including phenoxy) is 1. The molecule has 1 N–H and O–H groups in total. The number of aromatic nitrogens is 2. The Morgan fingerprint density at radius 2 is 1.71 bits per heavy atom. The summed E-state index contributed by atoms with van der Waals surface area (Å²) < 4.78 is 8.63. The monoisotopic (exact) mass is 568 g/mol. The molecule has 41 heavy (non-hydrogen) atoms. The minimum absolute atomic E-state index is 0.251. The summed E-state index contributed by atoms with van der Waals surface area (Å²) in [6, 6.07) is 26.2. The molecule has 0 amide bonds. The van der Waals surface area contributed by atoms with Crippen LogP contribution in [-0.2, 0) is 29.8 Å². The molecule has 0 aliphatic carbocycles. The second kappa shape index (κ2) is 11.2. The number of aliphatic carboxylic acids is 1. The molecule has 2 aromatic heterocycles. The molecular weight excluding hydrogens is 532 g/mol. The minimum atomic E-state index is -0.939. The molecule has 0 atom stereocenters. The summed E-state index contributed by atoms with van der Waals surface area (Å²) in [7, 11) is 0. The molecular formula is C35H37ClN2O3. The van der Waals surface area contributed by atoms with E-state index in [1.165, 1.54) is 0 Å². The second-order valence-corrected chi connectivity index (χ2v) is 12.5. The Morgan fingerprint density at radius 3 is 2.41 bits per heavy atom. The van der Waals surface area contributed by atoms with Crippen LogP contribution in [0, 0.1) is 5.41 Å². The minimum Gasteiger partial charge on any atom is -0.487 e. The largest absolute Gasteiger partial charge is 0.487 e. The van der Waals surface area contributed by atoms with Crippen molar-refractivity contribution in [3.63, 3.8) is 0 Å². The van der Waals surface area contributed by atoms with Gasteiger partial charge in [0.2, 0.25) is 0 Å². The molecule has 0 spiro atoms. The number of carboxylic acid groups (broad SMARTS) is 1. The van der Waals surface area contributed by atoms with Gasteiger partial charge in [0.1, 0.15) is 12.4 Å². The first kappa shape index (κ1) is 28.7. The SMILES string of the molecule is CCC(C)(C)n1c(CC(C)(C)C(=O)O)c(Cc2ccc(Cl)cc2)c2ccc(OCc3ccc4ccccc4n3)cc21. The summed E-state index contributed by atoms with van der Waals surface area (Å²) in [5.74, 6) is -0.0619. The van der Waals surface area contributed by atoms with E-state index in [2.05, 4.69) is 49.6 Å². The number of hydrogen-bond donors (Lipinski definition) is 1. The highest BCUT2D eigenvalue weighted by atomic mass is 35.5. The van der Waals surface area contributed by atoms with E-state index in [-0.39, 0.29) is 5.54 Å². The third kappa shape index (κ3) is 5.96. The van der Waals surface area contributed by atoms with Crippen LogP contribution in [0.15, 0.2) is 78.9 Å². The number of rotatable bonds is 10. The van der Waals surface area contributed by atoms with Crippen molar-refractivity contribution < 1.29 is 14.6 Å². The van der Waals surface area contributed by atoms with Crippen molar-refractivity contribution in [1.29, 1.82) is 0 Å². The van der Waals surface area contributed by atoms with Gasteiger partial charge in [0.05, 0.1) is 22.1 Å². The van der Waals surface area contributed by atoms with Gasteiger partial charge in [-0.3, -0.25) is 4.79 Å². The third-order valence-electron chi connectivity index (χ3n) is 8.15. The first-order chi connectivity index (χ1) is 19.5. The number of fused-ring (bicyclic) bond motifs is 2. The van der Waals surface area contributed by atoms with Gasteiger partial charge in [-0.1, -0.05) is 54.9 Å². The lowest BCUT2D eigenvalue weighted by Gasteiger charge is -2.32. The Hall–Kier alpha value is -3.83. The topological polar surface area (TPSA) is 64.4 Å². The molecule has 0 radical (unpaired) electrons. The van der Waals surface area contributed by atoms with E-state index in [0.29, 0.717) is 24.5 Å². The van der Waals surface area contributed by atoms with Crippen LogP contribution in [0.5, 0.6) is 5.75 Å². The van der Waals surface area contributed by atoms with Crippen LogP contribution in [-0.4, -0.2) is 20.6 Å².